The minimum absolute atomic E-state index is 0.129. The van der Waals surface area contributed by atoms with Crippen molar-refractivity contribution in [1.29, 1.82) is 0 Å². The van der Waals surface area contributed by atoms with Gasteiger partial charge in [0.25, 0.3) is 6.01 Å². The van der Waals surface area contributed by atoms with Crippen LogP contribution in [0.1, 0.15) is 10.4 Å². The molecule has 0 saturated carbocycles. The van der Waals surface area contributed by atoms with Crippen LogP contribution in [0.15, 0.2) is 59.1 Å². The second-order valence-corrected chi connectivity index (χ2v) is 4.67. The standard InChI is InChI=1S/C17H13FN2O3/c1-22-16(21)12-7-3-2-6-11(12)15-10-19-17(23-15)20-14-9-5-4-8-13(14)18/h2-10H,1H3,(H,19,20). The predicted octanol–water partition coefficient (Wildman–Crippen LogP) is 4.01. The van der Waals surface area contributed by atoms with Crippen LogP contribution < -0.4 is 5.32 Å². The molecule has 1 aromatic heterocycles. The molecule has 0 fully saturated rings. The first-order valence-corrected chi connectivity index (χ1v) is 6.84. The summed E-state index contributed by atoms with van der Waals surface area (Å²) in [5.41, 5.74) is 1.17. The van der Waals surface area contributed by atoms with Gasteiger partial charge in [-0.1, -0.05) is 30.3 Å². The normalized spacial score (nSPS) is 10.3. The lowest BCUT2D eigenvalue weighted by atomic mass is 10.1. The van der Waals surface area contributed by atoms with Crippen LogP contribution in [-0.2, 0) is 4.74 Å². The minimum atomic E-state index is -0.472. The van der Waals surface area contributed by atoms with Gasteiger partial charge in [-0.3, -0.25) is 0 Å². The minimum Gasteiger partial charge on any atom is -0.465 e. The molecular weight excluding hydrogens is 299 g/mol. The summed E-state index contributed by atoms with van der Waals surface area (Å²) in [5, 5.41) is 2.76. The Bertz CT molecular complexity index is 845. The van der Waals surface area contributed by atoms with Crippen LogP contribution in [0.3, 0.4) is 0 Å². The number of rotatable bonds is 4. The lowest BCUT2D eigenvalue weighted by molar-refractivity contribution is 0.0601. The van der Waals surface area contributed by atoms with E-state index in [9.17, 15) is 9.18 Å². The molecule has 23 heavy (non-hydrogen) atoms. The van der Waals surface area contributed by atoms with Gasteiger partial charge >= 0.3 is 5.97 Å². The van der Waals surface area contributed by atoms with Crippen molar-refractivity contribution in [3.05, 3.63) is 66.1 Å². The van der Waals surface area contributed by atoms with Gasteiger partial charge in [0.2, 0.25) is 0 Å². The summed E-state index contributed by atoms with van der Waals surface area (Å²) in [6.07, 6.45) is 1.46. The molecule has 2 aromatic carbocycles. The lowest BCUT2D eigenvalue weighted by Crippen LogP contribution is -2.02. The van der Waals surface area contributed by atoms with Crippen molar-refractivity contribution in [2.24, 2.45) is 0 Å². The second-order valence-electron chi connectivity index (χ2n) is 4.67. The van der Waals surface area contributed by atoms with Crippen LogP contribution in [0.4, 0.5) is 16.1 Å². The molecule has 6 heteroatoms. The third kappa shape index (κ3) is 3.06. The molecule has 5 nitrogen and oxygen atoms in total. The summed E-state index contributed by atoms with van der Waals surface area (Å²) in [5.74, 6) is -0.507. The van der Waals surface area contributed by atoms with Gasteiger partial charge in [-0.2, -0.15) is 0 Å². The Morgan fingerprint density at radius 1 is 1.17 bits per heavy atom. The number of carbonyl (C=O) groups is 1. The van der Waals surface area contributed by atoms with Crippen LogP contribution in [0.5, 0.6) is 0 Å². The molecule has 0 radical (unpaired) electrons. The summed E-state index contributed by atoms with van der Waals surface area (Å²) in [6.45, 7) is 0. The first-order valence-electron chi connectivity index (χ1n) is 6.84. The van der Waals surface area contributed by atoms with Gasteiger partial charge in [0.15, 0.2) is 5.76 Å². The van der Waals surface area contributed by atoms with E-state index in [-0.39, 0.29) is 11.7 Å². The molecule has 3 rings (SSSR count). The Balaban J connectivity index is 1.91. The predicted molar refractivity (Wildman–Crippen MR) is 83.0 cm³/mol. The Kier molecular flexibility index (Phi) is 4.05. The maximum absolute atomic E-state index is 13.6. The van der Waals surface area contributed by atoms with Crippen LogP contribution in [0.25, 0.3) is 11.3 Å². The first kappa shape index (κ1) is 14.8. The highest BCUT2D eigenvalue weighted by Crippen LogP contribution is 2.28. The highest BCUT2D eigenvalue weighted by Gasteiger charge is 2.16. The van der Waals surface area contributed by atoms with Crippen molar-refractivity contribution >= 4 is 17.7 Å². The fourth-order valence-electron chi connectivity index (χ4n) is 2.12. The number of para-hydroxylation sites is 1. The second kappa shape index (κ2) is 6.31. The van der Waals surface area contributed by atoms with Gasteiger partial charge in [0, 0.05) is 5.56 Å². The number of hydrogen-bond acceptors (Lipinski definition) is 5. The molecule has 0 spiro atoms. The topological polar surface area (TPSA) is 64.4 Å². The Morgan fingerprint density at radius 2 is 1.91 bits per heavy atom. The Labute approximate surface area is 131 Å². The molecule has 3 aromatic rings. The van der Waals surface area contributed by atoms with Crippen molar-refractivity contribution in [2.75, 3.05) is 12.4 Å². The number of nitrogens with zero attached hydrogens (tertiary/aromatic N) is 1. The molecule has 0 atom stereocenters. The molecule has 0 aliphatic rings. The maximum atomic E-state index is 13.6. The van der Waals surface area contributed by atoms with Gasteiger partial charge in [0.1, 0.15) is 5.82 Å². The molecule has 0 unspecified atom stereocenters. The number of carbonyl (C=O) groups excluding carboxylic acids is 1. The third-order valence-electron chi connectivity index (χ3n) is 3.22. The van der Waals surface area contributed by atoms with Crippen molar-refractivity contribution in [3.8, 4) is 11.3 Å². The number of methoxy groups -OCH3 is 1. The van der Waals surface area contributed by atoms with E-state index in [1.807, 2.05) is 0 Å². The van der Waals surface area contributed by atoms with Crippen molar-refractivity contribution in [2.45, 2.75) is 0 Å². The highest BCUT2D eigenvalue weighted by molar-refractivity contribution is 5.96. The fourth-order valence-corrected chi connectivity index (χ4v) is 2.12. The lowest BCUT2D eigenvalue weighted by Gasteiger charge is -2.05. The largest absolute Gasteiger partial charge is 0.465 e. The van der Waals surface area contributed by atoms with E-state index in [0.29, 0.717) is 16.9 Å². The number of hydrogen-bond donors (Lipinski definition) is 1. The van der Waals surface area contributed by atoms with Crippen LogP contribution in [0.2, 0.25) is 0 Å². The van der Waals surface area contributed by atoms with E-state index in [1.165, 1.54) is 19.4 Å². The van der Waals surface area contributed by atoms with Gasteiger partial charge < -0.3 is 14.5 Å². The molecule has 1 N–H and O–H groups in total. The van der Waals surface area contributed by atoms with Gasteiger partial charge in [0.05, 0.1) is 24.6 Å². The average molecular weight is 312 g/mol. The van der Waals surface area contributed by atoms with Gasteiger partial charge in [-0.25, -0.2) is 14.2 Å². The summed E-state index contributed by atoms with van der Waals surface area (Å²) >= 11 is 0. The van der Waals surface area contributed by atoms with Gasteiger partial charge in [-0.05, 0) is 18.2 Å². The van der Waals surface area contributed by atoms with Crippen molar-refractivity contribution < 1.29 is 18.3 Å². The molecule has 0 aliphatic carbocycles. The number of oxazole rings is 1. The zero-order chi connectivity index (χ0) is 16.2. The quantitative estimate of drug-likeness (QED) is 0.737. The number of ether oxygens (including phenoxy) is 1. The summed E-state index contributed by atoms with van der Waals surface area (Å²) in [4.78, 5) is 15.9. The van der Waals surface area contributed by atoms with Crippen molar-refractivity contribution in [1.82, 2.24) is 4.98 Å². The smallest absolute Gasteiger partial charge is 0.338 e. The van der Waals surface area contributed by atoms with Gasteiger partial charge in [-0.15, -0.1) is 0 Å². The van der Waals surface area contributed by atoms with Crippen LogP contribution in [0, 0.1) is 5.82 Å². The number of aromatic nitrogens is 1. The van der Waals surface area contributed by atoms with E-state index >= 15 is 0 Å². The van der Waals surface area contributed by atoms with Crippen LogP contribution in [-0.4, -0.2) is 18.1 Å². The van der Waals surface area contributed by atoms with E-state index in [4.69, 9.17) is 9.15 Å². The van der Waals surface area contributed by atoms with E-state index in [0.717, 1.165) is 0 Å². The summed E-state index contributed by atoms with van der Waals surface area (Å²) < 4.78 is 23.9. The zero-order valence-corrected chi connectivity index (χ0v) is 12.2. The molecule has 0 saturated heterocycles. The summed E-state index contributed by atoms with van der Waals surface area (Å²) in [7, 11) is 1.31. The van der Waals surface area contributed by atoms with E-state index in [2.05, 4.69) is 10.3 Å². The molecule has 0 aliphatic heterocycles. The maximum Gasteiger partial charge on any atom is 0.338 e. The first-order chi connectivity index (χ1) is 11.2. The fraction of sp³-hybridized carbons (Fsp3) is 0.0588. The van der Waals surface area contributed by atoms with Crippen LogP contribution >= 0.6 is 0 Å². The number of nitrogens with one attached hydrogen (secondary N) is 1. The van der Waals surface area contributed by atoms with E-state index < -0.39 is 11.8 Å². The highest BCUT2D eigenvalue weighted by atomic mass is 19.1. The SMILES string of the molecule is COC(=O)c1ccccc1-c1cnc(Nc2ccccc2F)o1. The number of benzene rings is 2. The molecule has 0 bridgehead atoms. The monoisotopic (exact) mass is 312 g/mol. The van der Waals surface area contributed by atoms with Crippen molar-refractivity contribution in [3.63, 3.8) is 0 Å². The molecule has 0 amide bonds. The zero-order valence-electron chi connectivity index (χ0n) is 12.2. The van der Waals surface area contributed by atoms with E-state index in [1.54, 1.807) is 42.5 Å². The number of halogens is 1. The summed E-state index contributed by atoms with van der Waals surface area (Å²) in [6, 6.07) is 13.2. The molecular formula is C17H13FN2O3. The molecule has 1 heterocycles. The third-order valence-corrected chi connectivity index (χ3v) is 3.22. The Morgan fingerprint density at radius 3 is 2.70 bits per heavy atom. The number of anilines is 2. The molecule has 116 valence electrons. The Hall–Kier alpha value is -3.15. The number of esters is 1. The average Bonchev–Trinajstić information content (AvgIpc) is 3.05.